The Morgan fingerprint density at radius 1 is 1.19 bits per heavy atom. The minimum Gasteiger partial charge on any atom is -0.507 e. The Bertz CT molecular complexity index is 794. The fourth-order valence-electron chi connectivity index (χ4n) is 3.02. The number of nitro groups is 1. The number of nitro benzene ring substituents is 1. The number of hydrogen-bond acceptors (Lipinski definition) is 4. The van der Waals surface area contributed by atoms with Crippen LogP contribution in [0.5, 0.6) is 5.75 Å². The maximum absolute atomic E-state index is 11.4. The van der Waals surface area contributed by atoms with Crippen molar-refractivity contribution >= 4 is 11.9 Å². The predicted octanol–water partition coefficient (Wildman–Crippen LogP) is 5.23. The van der Waals surface area contributed by atoms with Crippen LogP contribution in [-0.4, -0.2) is 22.3 Å². The summed E-state index contributed by atoms with van der Waals surface area (Å²) < 4.78 is 0. The fraction of sp³-hybridized carbons (Fsp3) is 0.381. The van der Waals surface area contributed by atoms with Crippen LogP contribution in [0.1, 0.15) is 57.2 Å². The number of nitrogens with zero attached hydrogens (tertiary/aromatic N) is 2. The van der Waals surface area contributed by atoms with Gasteiger partial charge in [0.15, 0.2) is 0 Å². The summed E-state index contributed by atoms with van der Waals surface area (Å²) in [5.41, 5.74) is 1.23. The van der Waals surface area contributed by atoms with Crippen molar-refractivity contribution in [2.75, 3.05) is 0 Å². The molecule has 0 aromatic heterocycles. The van der Waals surface area contributed by atoms with E-state index in [1.165, 1.54) is 12.1 Å². The molecule has 0 atom stereocenters. The zero-order chi connectivity index (χ0) is 19.3. The fourth-order valence-corrected chi connectivity index (χ4v) is 3.02. The van der Waals surface area contributed by atoms with Crippen LogP contribution in [0.25, 0.3) is 0 Å². The Balaban J connectivity index is 2.61. The molecule has 2 aromatic rings. The number of rotatable bonds is 7. The van der Waals surface area contributed by atoms with E-state index in [-0.39, 0.29) is 17.5 Å². The van der Waals surface area contributed by atoms with Crippen molar-refractivity contribution in [2.24, 2.45) is 4.99 Å². The quantitative estimate of drug-likeness (QED) is 0.420. The zero-order valence-electron chi connectivity index (χ0n) is 15.8. The first-order chi connectivity index (χ1) is 12.3. The molecule has 0 saturated heterocycles. The van der Waals surface area contributed by atoms with Crippen LogP contribution in [0.15, 0.2) is 47.5 Å². The monoisotopic (exact) mass is 354 g/mol. The standard InChI is InChI=1S/C21H26N2O3/c1-5-17(6-2)22-14-15-12-18(23(25)26)13-19(20(15)24)21(3,4)16-10-8-7-9-11-16/h7-14,17,24H,5-6H2,1-4H3. The van der Waals surface area contributed by atoms with Gasteiger partial charge in [-0.05, 0) is 18.4 Å². The van der Waals surface area contributed by atoms with E-state index < -0.39 is 10.3 Å². The topological polar surface area (TPSA) is 75.7 Å². The van der Waals surface area contributed by atoms with Crippen molar-refractivity contribution in [3.05, 3.63) is 69.3 Å². The summed E-state index contributed by atoms with van der Waals surface area (Å²) in [6.07, 6.45) is 3.32. The van der Waals surface area contributed by atoms with Crippen molar-refractivity contribution < 1.29 is 10.0 Å². The highest BCUT2D eigenvalue weighted by Gasteiger charge is 2.29. The maximum atomic E-state index is 11.4. The van der Waals surface area contributed by atoms with Gasteiger partial charge < -0.3 is 5.11 Å². The van der Waals surface area contributed by atoms with Crippen molar-refractivity contribution in [3.8, 4) is 5.75 Å². The summed E-state index contributed by atoms with van der Waals surface area (Å²) >= 11 is 0. The minimum absolute atomic E-state index is 0.0409. The molecule has 0 radical (unpaired) electrons. The van der Waals surface area contributed by atoms with Crippen molar-refractivity contribution in [2.45, 2.75) is 52.0 Å². The first kappa shape index (κ1) is 19.6. The van der Waals surface area contributed by atoms with Gasteiger partial charge in [-0.1, -0.05) is 58.0 Å². The van der Waals surface area contributed by atoms with Crippen molar-refractivity contribution in [1.82, 2.24) is 0 Å². The van der Waals surface area contributed by atoms with Crippen LogP contribution >= 0.6 is 0 Å². The summed E-state index contributed by atoms with van der Waals surface area (Å²) in [5, 5.41) is 22.2. The Labute approximate surface area is 154 Å². The van der Waals surface area contributed by atoms with Gasteiger partial charge in [0.2, 0.25) is 0 Å². The van der Waals surface area contributed by atoms with Gasteiger partial charge in [0.25, 0.3) is 5.69 Å². The van der Waals surface area contributed by atoms with Crippen LogP contribution in [0.4, 0.5) is 5.69 Å². The third-order valence-electron chi connectivity index (χ3n) is 4.87. The van der Waals surface area contributed by atoms with E-state index in [0.29, 0.717) is 11.1 Å². The molecule has 2 aromatic carbocycles. The molecule has 0 aliphatic heterocycles. The number of phenols is 1. The molecule has 2 rings (SSSR count). The molecule has 0 fully saturated rings. The molecule has 5 nitrogen and oxygen atoms in total. The third kappa shape index (κ3) is 4.10. The van der Waals surface area contributed by atoms with E-state index in [1.807, 2.05) is 58.0 Å². The second kappa shape index (κ2) is 8.13. The van der Waals surface area contributed by atoms with Gasteiger partial charge in [0, 0.05) is 40.9 Å². The Morgan fingerprint density at radius 3 is 2.35 bits per heavy atom. The lowest BCUT2D eigenvalue weighted by Gasteiger charge is -2.27. The van der Waals surface area contributed by atoms with Gasteiger partial charge in [-0.3, -0.25) is 15.1 Å². The molecule has 0 spiro atoms. The van der Waals surface area contributed by atoms with E-state index in [0.717, 1.165) is 18.4 Å². The van der Waals surface area contributed by atoms with Gasteiger partial charge in [-0.25, -0.2) is 0 Å². The average Bonchev–Trinajstić information content (AvgIpc) is 2.64. The lowest BCUT2D eigenvalue weighted by molar-refractivity contribution is -0.385. The Morgan fingerprint density at radius 2 is 1.81 bits per heavy atom. The van der Waals surface area contributed by atoms with E-state index in [4.69, 9.17) is 0 Å². The first-order valence-corrected chi connectivity index (χ1v) is 8.91. The number of non-ortho nitro benzene ring substituents is 1. The maximum Gasteiger partial charge on any atom is 0.270 e. The SMILES string of the molecule is CCC(CC)N=Cc1cc([N+](=O)[O-])cc(C(C)(C)c2ccccc2)c1O. The van der Waals surface area contributed by atoms with E-state index in [1.54, 1.807) is 6.21 Å². The predicted molar refractivity (Wildman–Crippen MR) is 105 cm³/mol. The summed E-state index contributed by atoms with van der Waals surface area (Å²) in [6, 6.07) is 12.6. The molecule has 0 heterocycles. The second-order valence-corrected chi connectivity index (χ2v) is 6.93. The number of aliphatic imine (C=N–C) groups is 1. The lowest BCUT2D eigenvalue weighted by atomic mass is 9.77. The van der Waals surface area contributed by atoms with Crippen LogP contribution in [0, 0.1) is 10.1 Å². The van der Waals surface area contributed by atoms with Crippen molar-refractivity contribution in [1.29, 1.82) is 0 Å². The summed E-state index contributed by atoms with van der Waals surface area (Å²) in [6.45, 7) is 7.98. The molecule has 138 valence electrons. The average molecular weight is 354 g/mol. The van der Waals surface area contributed by atoms with Gasteiger partial charge in [-0.15, -0.1) is 0 Å². The second-order valence-electron chi connectivity index (χ2n) is 6.93. The van der Waals surface area contributed by atoms with Crippen LogP contribution < -0.4 is 0 Å². The Kier molecular flexibility index (Phi) is 6.14. The van der Waals surface area contributed by atoms with E-state index in [9.17, 15) is 15.2 Å². The van der Waals surface area contributed by atoms with Crippen LogP contribution in [0.3, 0.4) is 0 Å². The highest BCUT2D eigenvalue weighted by molar-refractivity contribution is 5.86. The van der Waals surface area contributed by atoms with E-state index >= 15 is 0 Å². The smallest absolute Gasteiger partial charge is 0.270 e. The highest BCUT2D eigenvalue weighted by atomic mass is 16.6. The van der Waals surface area contributed by atoms with Crippen molar-refractivity contribution in [3.63, 3.8) is 0 Å². The van der Waals surface area contributed by atoms with Gasteiger partial charge in [0.05, 0.1) is 4.92 Å². The molecule has 1 N–H and O–H groups in total. The number of aromatic hydroxyl groups is 1. The van der Waals surface area contributed by atoms with Gasteiger partial charge in [0.1, 0.15) is 5.75 Å². The third-order valence-corrected chi connectivity index (χ3v) is 4.87. The molecule has 0 saturated carbocycles. The molecule has 5 heteroatoms. The minimum atomic E-state index is -0.588. The molecular weight excluding hydrogens is 328 g/mol. The number of benzene rings is 2. The molecule has 0 amide bonds. The highest BCUT2D eigenvalue weighted by Crippen LogP contribution is 2.40. The summed E-state index contributed by atoms with van der Waals surface area (Å²) in [7, 11) is 0. The molecule has 0 unspecified atom stereocenters. The summed E-state index contributed by atoms with van der Waals surface area (Å²) in [4.78, 5) is 15.5. The summed E-state index contributed by atoms with van der Waals surface area (Å²) in [5.74, 6) is 0.0409. The molecule has 0 aliphatic carbocycles. The molecular formula is C21H26N2O3. The van der Waals surface area contributed by atoms with Crippen LogP contribution in [0.2, 0.25) is 0 Å². The number of hydrogen-bond donors (Lipinski definition) is 1. The van der Waals surface area contributed by atoms with Gasteiger partial charge >= 0.3 is 0 Å². The zero-order valence-corrected chi connectivity index (χ0v) is 15.8. The van der Waals surface area contributed by atoms with Crippen LogP contribution in [-0.2, 0) is 5.41 Å². The molecule has 26 heavy (non-hydrogen) atoms. The van der Waals surface area contributed by atoms with E-state index in [2.05, 4.69) is 4.99 Å². The molecule has 0 aliphatic rings. The first-order valence-electron chi connectivity index (χ1n) is 8.91. The normalized spacial score (nSPS) is 12.0. The molecule has 0 bridgehead atoms. The lowest BCUT2D eigenvalue weighted by Crippen LogP contribution is -2.20. The van der Waals surface area contributed by atoms with Gasteiger partial charge in [-0.2, -0.15) is 0 Å². The largest absolute Gasteiger partial charge is 0.507 e. The Hall–Kier alpha value is -2.69. The number of phenolic OH excluding ortho intramolecular Hbond substituents is 1.